The molecule has 0 saturated carbocycles. The van der Waals surface area contributed by atoms with Crippen molar-refractivity contribution in [2.24, 2.45) is 0 Å². The van der Waals surface area contributed by atoms with Crippen molar-refractivity contribution in [1.82, 2.24) is 0 Å². The standard InChI is InChI=1S/C18H27IN/c1-6-12-20(13-7-2,18(19)8-3)14-17-15(4)10-9-11-16(17)5/h3,9-11,18H,6-7,12-14H2,1-2,4-5H3/q+1. The van der Waals surface area contributed by atoms with Crippen LogP contribution in [0.15, 0.2) is 18.2 Å². The molecule has 1 unspecified atom stereocenters. The Kier molecular flexibility index (Phi) is 7.05. The highest BCUT2D eigenvalue weighted by Gasteiger charge is 2.33. The van der Waals surface area contributed by atoms with Gasteiger partial charge in [0, 0.05) is 28.2 Å². The molecule has 0 spiro atoms. The van der Waals surface area contributed by atoms with Gasteiger partial charge in [-0.05, 0) is 43.7 Å². The van der Waals surface area contributed by atoms with Crippen molar-refractivity contribution in [3.8, 4) is 12.3 Å². The lowest BCUT2D eigenvalue weighted by molar-refractivity contribution is -0.940. The Morgan fingerprint density at radius 3 is 2.05 bits per heavy atom. The van der Waals surface area contributed by atoms with E-state index in [1.165, 1.54) is 29.5 Å². The number of aryl methyl sites for hydroxylation is 2. The quantitative estimate of drug-likeness (QED) is 0.208. The third-order valence-corrected chi connectivity index (χ3v) is 5.62. The van der Waals surface area contributed by atoms with Crippen molar-refractivity contribution in [3.63, 3.8) is 0 Å². The van der Waals surface area contributed by atoms with Crippen molar-refractivity contribution in [3.05, 3.63) is 34.9 Å². The van der Waals surface area contributed by atoms with Gasteiger partial charge in [0.1, 0.15) is 6.54 Å². The highest BCUT2D eigenvalue weighted by Crippen LogP contribution is 2.28. The second kappa shape index (κ2) is 8.05. The fourth-order valence-corrected chi connectivity index (χ4v) is 3.79. The number of alkyl halides is 1. The first-order valence-corrected chi connectivity index (χ1v) is 8.76. The average Bonchev–Trinajstić information content (AvgIpc) is 2.42. The molecule has 0 bridgehead atoms. The normalized spacial score (nSPS) is 13.0. The summed E-state index contributed by atoms with van der Waals surface area (Å²) in [6.45, 7) is 12.3. The van der Waals surface area contributed by atoms with Crippen molar-refractivity contribution in [2.45, 2.75) is 51.1 Å². The molecule has 1 nitrogen and oxygen atoms in total. The van der Waals surface area contributed by atoms with Crippen LogP contribution in [0.5, 0.6) is 0 Å². The van der Waals surface area contributed by atoms with E-state index in [2.05, 4.69) is 74.4 Å². The van der Waals surface area contributed by atoms with Crippen molar-refractivity contribution in [1.29, 1.82) is 0 Å². The molecule has 1 rings (SSSR count). The van der Waals surface area contributed by atoms with Crippen LogP contribution < -0.4 is 0 Å². The van der Waals surface area contributed by atoms with Crippen LogP contribution in [0.2, 0.25) is 0 Å². The lowest BCUT2D eigenvalue weighted by Gasteiger charge is -2.41. The fraction of sp³-hybridized carbons (Fsp3) is 0.556. The number of nitrogens with zero attached hydrogens (tertiary/aromatic N) is 1. The molecule has 1 aromatic carbocycles. The third kappa shape index (κ3) is 3.99. The molecular formula is C18H27IN+. The molecule has 0 N–H and O–H groups in total. The van der Waals surface area contributed by atoms with Gasteiger partial charge in [0.2, 0.25) is 4.05 Å². The molecule has 0 aromatic heterocycles. The lowest BCUT2D eigenvalue weighted by atomic mass is 10.0. The summed E-state index contributed by atoms with van der Waals surface area (Å²) >= 11 is 2.45. The number of quaternary nitrogens is 1. The topological polar surface area (TPSA) is 0 Å². The lowest BCUT2D eigenvalue weighted by Crippen LogP contribution is -2.53. The van der Waals surface area contributed by atoms with Crippen molar-refractivity contribution < 1.29 is 4.48 Å². The van der Waals surface area contributed by atoms with Gasteiger partial charge >= 0.3 is 0 Å². The molecule has 0 fully saturated rings. The summed E-state index contributed by atoms with van der Waals surface area (Å²) in [6.07, 6.45) is 8.12. The van der Waals surface area contributed by atoms with E-state index >= 15 is 0 Å². The fourth-order valence-electron chi connectivity index (χ4n) is 3.04. The number of benzene rings is 1. The highest BCUT2D eigenvalue weighted by molar-refractivity contribution is 14.1. The van der Waals surface area contributed by atoms with Gasteiger partial charge in [-0.3, -0.25) is 4.48 Å². The van der Waals surface area contributed by atoms with E-state index in [1.807, 2.05) is 0 Å². The van der Waals surface area contributed by atoms with Gasteiger partial charge in [-0.25, -0.2) is 0 Å². The first-order valence-electron chi connectivity index (χ1n) is 7.51. The van der Waals surface area contributed by atoms with Crippen LogP contribution in [0.4, 0.5) is 0 Å². The van der Waals surface area contributed by atoms with Crippen molar-refractivity contribution >= 4 is 22.6 Å². The van der Waals surface area contributed by atoms with E-state index in [0.29, 0.717) is 0 Å². The van der Waals surface area contributed by atoms with Gasteiger partial charge in [-0.2, -0.15) is 0 Å². The van der Waals surface area contributed by atoms with Crippen LogP contribution in [-0.4, -0.2) is 21.6 Å². The molecule has 0 radical (unpaired) electrons. The zero-order chi connectivity index (χ0) is 15.2. The van der Waals surface area contributed by atoms with E-state index in [-0.39, 0.29) is 4.05 Å². The van der Waals surface area contributed by atoms with Gasteiger partial charge in [-0.1, -0.05) is 32.0 Å². The Morgan fingerprint density at radius 1 is 1.15 bits per heavy atom. The molecule has 1 aromatic rings. The molecule has 0 amide bonds. The molecule has 0 aliphatic rings. The van der Waals surface area contributed by atoms with Crippen LogP contribution in [0, 0.1) is 26.2 Å². The second-order valence-electron chi connectivity index (χ2n) is 5.70. The van der Waals surface area contributed by atoms with Crippen LogP contribution in [0.25, 0.3) is 0 Å². The number of hydrogen-bond donors (Lipinski definition) is 0. The molecule has 2 heteroatoms. The van der Waals surface area contributed by atoms with Crippen LogP contribution in [0.3, 0.4) is 0 Å². The van der Waals surface area contributed by atoms with Crippen LogP contribution in [0.1, 0.15) is 43.4 Å². The van der Waals surface area contributed by atoms with Gasteiger partial charge < -0.3 is 0 Å². The Bertz CT molecular complexity index is 447. The summed E-state index contributed by atoms with van der Waals surface area (Å²) in [7, 11) is 0. The Hall–Kier alpha value is -0.530. The SMILES string of the molecule is C#CC(I)[N+](CCC)(CCC)Cc1c(C)cccc1C. The molecule has 20 heavy (non-hydrogen) atoms. The first-order chi connectivity index (χ1) is 9.50. The summed E-state index contributed by atoms with van der Waals surface area (Å²) in [4.78, 5) is 0. The third-order valence-electron chi connectivity index (χ3n) is 4.07. The van der Waals surface area contributed by atoms with Crippen LogP contribution >= 0.6 is 22.6 Å². The zero-order valence-corrected chi connectivity index (χ0v) is 15.4. The summed E-state index contributed by atoms with van der Waals surface area (Å²) in [5.74, 6) is 2.99. The summed E-state index contributed by atoms with van der Waals surface area (Å²) in [5.41, 5.74) is 4.26. The predicted octanol–water partition coefficient (Wildman–Crippen LogP) is 4.83. The number of hydrogen-bond acceptors (Lipinski definition) is 0. The van der Waals surface area contributed by atoms with E-state index in [0.717, 1.165) is 24.1 Å². The Morgan fingerprint density at radius 2 is 1.65 bits per heavy atom. The number of rotatable bonds is 7. The van der Waals surface area contributed by atoms with E-state index in [9.17, 15) is 0 Å². The van der Waals surface area contributed by atoms with E-state index < -0.39 is 0 Å². The molecule has 110 valence electrons. The second-order valence-corrected chi connectivity index (χ2v) is 6.88. The zero-order valence-electron chi connectivity index (χ0n) is 13.2. The van der Waals surface area contributed by atoms with E-state index in [1.54, 1.807) is 0 Å². The Balaban J connectivity index is 3.20. The molecule has 1 atom stereocenters. The highest BCUT2D eigenvalue weighted by atomic mass is 127. The van der Waals surface area contributed by atoms with Gasteiger partial charge in [0.05, 0.1) is 13.1 Å². The smallest absolute Gasteiger partial charge is 0.200 e. The maximum Gasteiger partial charge on any atom is 0.200 e. The minimum Gasteiger partial charge on any atom is -0.299 e. The number of halogens is 1. The predicted molar refractivity (Wildman–Crippen MR) is 96.8 cm³/mol. The first kappa shape index (κ1) is 17.5. The monoisotopic (exact) mass is 384 g/mol. The largest absolute Gasteiger partial charge is 0.299 e. The summed E-state index contributed by atoms with van der Waals surface area (Å²) in [6, 6.07) is 6.57. The molecule has 0 heterocycles. The minimum atomic E-state index is 0.242. The maximum atomic E-state index is 5.78. The summed E-state index contributed by atoms with van der Waals surface area (Å²) < 4.78 is 1.25. The average molecular weight is 384 g/mol. The van der Waals surface area contributed by atoms with Gasteiger partial charge in [-0.15, -0.1) is 6.42 Å². The number of terminal acetylenes is 1. The molecule has 0 aliphatic carbocycles. The van der Waals surface area contributed by atoms with Gasteiger partial charge in [0.15, 0.2) is 0 Å². The molecular weight excluding hydrogens is 357 g/mol. The van der Waals surface area contributed by atoms with E-state index in [4.69, 9.17) is 6.42 Å². The minimum absolute atomic E-state index is 0.242. The summed E-state index contributed by atoms with van der Waals surface area (Å²) in [5, 5.41) is 0. The molecule has 0 aliphatic heterocycles. The Labute approximate surface area is 138 Å². The molecule has 0 saturated heterocycles. The van der Waals surface area contributed by atoms with Crippen molar-refractivity contribution in [2.75, 3.05) is 13.1 Å². The van der Waals surface area contributed by atoms with Gasteiger partial charge in [0.25, 0.3) is 0 Å². The maximum absolute atomic E-state index is 5.78. The van der Waals surface area contributed by atoms with Crippen LogP contribution in [-0.2, 0) is 6.54 Å².